The van der Waals surface area contributed by atoms with Crippen LogP contribution in [0.25, 0.3) is 0 Å². The predicted octanol–water partition coefficient (Wildman–Crippen LogP) is 5.95. The molecule has 120 valence electrons. The van der Waals surface area contributed by atoms with Gasteiger partial charge in [0.25, 0.3) is 0 Å². The third-order valence-corrected chi connectivity index (χ3v) is 6.12. The Labute approximate surface area is 160 Å². The third kappa shape index (κ3) is 4.34. The molecule has 0 radical (unpaired) electrons. The van der Waals surface area contributed by atoms with Crippen molar-refractivity contribution in [3.05, 3.63) is 70.4 Å². The van der Waals surface area contributed by atoms with Crippen molar-refractivity contribution in [3.63, 3.8) is 0 Å². The van der Waals surface area contributed by atoms with E-state index in [-0.39, 0.29) is 0 Å². The minimum absolute atomic E-state index is 0.418. The van der Waals surface area contributed by atoms with Crippen LogP contribution in [0.2, 0.25) is 13.1 Å². The van der Waals surface area contributed by atoms with E-state index < -0.39 is 29.3 Å². The van der Waals surface area contributed by atoms with Gasteiger partial charge in [0, 0.05) is 8.41 Å². The van der Waals surface area contributed by atoms with Crippen LogP contribution in [0.3, 0.4) is 0 Å². The van der Waals surface area contributed by atoms with E-state index in [1.807, 2.05) is 0 Å². The van der Waals surface area contributed by atoms with E-state index in [1.165, 1.54) is 27.9 Å². The first-order valence-corrected chi connectivity index (χ1v) is 16.6. The molecular formula is C19H21Cl2SiZr-. The van der Waals surface area contributed by atoms with Gasteiger partial charge in [-0.1, -0.05) is 62.0 Å². The van der Waals surface area contributed by atoms with Crippen molar-refractivity contribution in [2.45, 2.75) is 33.4 Å². The second kappa shape index (κ2) is 8.90. The van der Waals surface area contributed by atoms with E-state index in [2.05, 4.69) is 69.5 Å². The maximum absolute atomic E-state index is 4.93. The molecule has 0 N–H and O–H groups in total. The zero-order chi connectivity index (χ0) is 17.0. The van der Waals surface area contributed by atoms with Crippen molar-refractivity contribution in [3.8, 4) is 0 Å². The molecule has 3 aliphatic carbocycles. The second-order valence-electron chi connectivity index (χ2n) is 6.05. The van der Waals surface area contributed by atoms with Crippen molar-refractivity contribution in [1.82, 2.24) is 0 Å². The van der Waals surface area contributed by atoms with Gasteiger partial charge in [-0.2, -0.15) is 5.57 Å². The Morgan fingerprint density at radius 3 is 2.48 bits per heavy atom. The molecule has 0 amide bonds. The average molecular weight is 440 g/mol. The normalized spacial score (nSPS) is 21.9. The SMILES string of the molecule is CC1=[C-]C2=CC=CC(=[Si](C)C)C(C)C2=C1C1=CC=CC1.[Cl][Zr][Cl]. The Bertz CT molecular complexity index is 699. The second-order valence-corrected chi connectivity index (χ2v) is 12.4. The van der Waals surface area contributed by atoms with Crippen LogP contribution in [0.15, 0.2) is 64.3 Å². The van der Waals surface area contributed by atoms with Crippen LogP contribution in [0, 0.1) is 12.0 Å². The van der Waals surface area contributed by atoms with E-state index in [9.17, 15) is 0 Å². The van der Waals surface area contributed by atoms with Gasteiger partial charge in [0.15, 0.2) is 0 Å². The molecule has 0 nitrogen and oxygen atoms in total. The summed E-state index contributed by atoms with van der Waals surface area (Å²) < 4.78 is 0. The number of halogens is 2. The molecule has 0 aromatic carbocycles. The fourth-order valence-electron chi connectivity index (χ4n) is 3.44. The molecule has 0 aromatic heterocycles. The minimum atomic E-state index is -0.826. The molecule has 23 heavy (non-hydrogen) atoms. The summed E-state index contributed by atoms with van der Waals surface area (Å²) in [5, 5.41) is 1.62. The molecule has 0 heterocycles. The quantitative estimate of drug-likeness (QED) is 0.350. The summed E-state index contributed by atoms with van der Waals surface area (Å²) in [6, 6.07) is 0. The van der Waals surface area contributed by atoms with Crippen molar-refractivity contribution in [2.75, 3.05) is 0 Å². The van der Waals surface area contributed by atoms with E-state index in [0.29, 0.717) is 5.92 Å². The molecule has 3 rings (SSSR count). The van der Waals surface area contributed by atoms with Crippen LogP contribution in [0.5, 0.6) is 0 Å². The number of hydrogen-bond acceptors (Lipinski definition) is 0. The summed E-state index contributed by atoms with van der Waals surface area (Å²) in [5.41, 5.74) is 7.03. The fourth-order valence-corrected chi connectivity index (χ4v) is 4.88. The fraction of sp³-hybridized carbons (Fsp3) is 0.316. The Morgan fingerprint density at radius 2 is 1.91 bits per heavy atom. The van der Waals surface area contributed by atoms with Crippen LogP contribution in [0.1, 0.15) is 20.3 Å². The Hall–Kier alpha value is -0.01000. The van der Waals surface area contributed by atoms with Gasteiger partial charge >= 0.3 is 37.9 Å². The van der Waals surface area contributed by atoms with Crippen LogP contribution >= 0.6 is 17.0 Å². The molecule has 0 aromatic rings. The molecule has 0 aliphatic heterocycles. The summed E-state index contributed by atoms with van der Waals surface area (Å²) in [7, 11) is 9.45. The van der Waals surface area contributed by atoms with Gasteiger partial charge in [0.05, 0.1) is 0 Å². The molecule has 0 spiro atoms. The van der Waals surface area contributed by atoms with Crippen molar-refractivity contribution < 1.29 is 20.8 Å². The number of hydrogen-bond donors (Lipinski definition) is 0. The molecule has 3 aliphatic rings. The first kappa shape index (κ1) is 19.3. The molecule has 0 saturated heterocycles. The first-order valence-electron chi connectivity index (χ1n) is 7.74. The Morgan fingerprint density at radius 1 is 1.22 bits per heavy atom. The standard InChI is InChI=1S/C19H21Si.2ClH.Zr/c1-13-12-16-10-7-11-17(20(3)4)14(2)19(16)18(13)15-8-5-6-9-15;;;/h5-8,10-11,14H,9H2,1-4H3;2*1H;/q-1;;;+2/p-2. The molecule has 1 atom stereocenters. The maximum atomic E-state index is 4.93. The molecule has 1 unspecified atom stereocenters. The zero-order valence-corrected chi connectivity index (χ0v) is 19.0. The molecule has 0 bridgehead atoms. The van der Waals surface area contributed by atoms with E-state index in [4.69, 9.17) is 17.0 Å². The van der Waals surface area contributed by atoms with Crippen molar-refractivity contribution in [2.24, 2.45) is 5.92 Å². The van der Waals surface area contributed by atoms with E-state index in [1.54, 1.807) is 5.17 Å². The van der Waals surface area contributed by atoms with E-state index in [0.717, 1.165) is 6.42 Å². The number of fused-ring (bicyclic) bond motifs is 1. The predicted molar refractivity (Wildman–Crippen MR) is 102 cm³/mol. The molecule has 0 saturated carbocycles. The van der Waals surface area contributed by atoms with Crippen molar-refractivity contribution in [1.29, 1.82) is 0 Å². The molecular weight excluding hydrogens is 418 g/mol. The van der Waals surface area contributed by atoms with Crippen LogP contribution in [-0.2, 0) is 20.8 Å². The number of rotatable bonds is 1. The zero-order valence-electron chi connectivity index (χ0n) is 14.0. The molecule has 0 fully saturated rings. The van der Waals surface area contributed by atoms with Gasteiger partial charge < -0.3 is 0 Å². The van der Waals surface area contributed by atoms with Crippen LogP contribution in [0.4, 0.5) is 0 Å². The molecule has 4 heteroatoms. The Kier molecular flexibility index (Phi) is 7.48. The topological polar surface area (TPSA) is 0 Å². The average Bonchev–Trinajstić information content (AvgIpc) is 3.07. The summed E-state index contributed by atoms with van der Waals surface area (Å²) in [4.78, 5) is 0. The van der Waals surface area contributed by atoms with Crippen molar-refractivity contribution >= 4 is 30.6 Å². The van der Waals surface area contributed by atoms with Gasteiger partial charge in [-0.05, 0) is 12.3 Å². The van der Waals surface area contributed by atoms with Crippen LogP contribution in [-0.4, -0.2) is 13.6 Å². The first-order chi connectivity index (χ1) is 11.0. The summed E-state index contributed by atoms with van der Waals surface area (Å²) >= 11 is -0.826. The van der Waals surface area contributed by atoms with Crippen LogP contribution < -0.4 is 0 Å². The Balaban J connectivity index is 0.000000595. The summed E-state index contributed by atoms with van der Waals surface area (Å²) in [6.45, 7) is 9.36. The number of allylic oxidation sites excluding steroid dienone is 12. The monoisotopic (exact) mass is 437 g/mol. The third-order valence-electron chi connectivity index (χ3n) is 4.36. The van der Waals surface area contributed by atoms with Gasteiger partial charge in [0.2, 0.25) is 0 Å². The van der Waals surface area contributed by atoms with E-state index >= 15 is 0 Å². The van der Waals surface area contributed by atoms with Gasteiger partial charge in [0.1, 0.15) is 0 Å². The van der Waals surface area contributed by atoms with Gasteiger partial charge in [-0.15, -0.1) is 34.9 Å². The van der Waals surface area contributed by atoms with Gasteiger partial charge in [-0.3, -0.25) is 0 Å². The van der Waals surface area contributed by atoms with Gasteiger partial charge in [-0.25, -0.2) is 0 Å². The summed E-state index contributed by atoms with van der Waals surface area (Å²) in [6.07, 6.45) is 18.2. The summed E-state index contributed by atoms with van der Waals surface area (Å²) in [5.74, 6) is 0.519.